The summed E-state index contributed by atoms with van der Waals surface area (Å²) in [5.41, 5.74) is 7.78. The summed E-state index contributed by atoms with van der Waals surface area (Å²) in [6, 6.07) is 5.58. The van der Waals surface area contributed by atoms with Gasteiger partial charge < -0.3 is 15.0 Å². The molecule has 112 valence electrons. The van der Waals surface area contributed by atoms with Crippen molar-refractivity contribution in [2.45, 2.75) is 31.6 Å². The van der Waals surface area contributed by atoms with E-state index in [9.17, 15) is 0 Å². The first-order valence-electron chi connectivity index (χ1n) is 7.28. The molecule has 1 fully saturated rings. The van der Waals surface area contributed by atoms with Crippen LogP contribution in [0.4, 0.5) is 5.82 Å². The zero-order valence-electron chi connectivity index (χ0n) is 12.4. The highest BCUT2D eigenvalue weighted by Crippen LogP contribution is 2.41. The average molecular weight is 306 g/mol. The minimum absolute atomic E-state index is 0.500. The van der Waals surface area contributed by atoms with E-state index in [0.29, 0.717) is 22.5 Å². The molecule has 2 aromatic rings. The van der Waals surface area contributed by atoms with Crippen molar-refractivity contribution in [2.24, 2.45) is 7.05 Å². The highest BCUT2D eigenvalue weighted by atomic mass is 35.5. The number of benzene rings is 1. The maximum Gasteiger partial charge on any atom is 0.131 e. The van der Waals surface area contributed by atoms with Crippen molar-refractivity contribution in [3.63, 3.8) is 0 Å². The lowest BCUT2D eigenvalue weighted by Gasteiger charge is -2.09. The number of hydrogen-bond donors (Lipinski definition) is 1. The molecule has 0 radical (unpaired) electrons. The van der Waals surface area contributed by atoms with E-state index in [0.717, 1.165) is 17.1 Å². The molecular formula is C16H20ClN3O. The number of anilines is 1. The molecule has 0 amide bonds. The van der Waals surface area contributed by atoms with E-state index in [1.807, 2.05) is 29.8 Å². The molecule has 4 nitrogen and oxygen atoms in total. The molecule has 0 atom stereocenters. The number of hydrogen-bond acceptors (Lipinski definition) is 3. The predicted octanol–water partition coefficient (Wildman–Crippen LogP) is 3.99. The summed E-state index contributed by atoms with van der Waals surface area (Å²) in [4.78, 5) is 4.80. The number of halogens is 1. The van der Waals surface area contributed by atoms with Gasteiger partial charge in [0.05, 0.1) is 17.7 Å². The smallest absolute Gasteiger partial charge is 0.131 e. The highest BCUT2D eigenvalue weighted by Gasteiger charge is 2.26. The molecule has 5 heteroatoms. The molecule has 1 aromatic heterocycles. The fourth-order valence-corrected chi connectivity index (χ4v) is 3.42. The summed E-state index contributed by atoms with van der Waals surface area (Å²) < 4.78 is 7.42. The van der Waals surface area contributed by atoms with Gasteiger partial charge in [-0.2, -0.15) is 0 Å². The van der Waals surface area contributed by atoms with Crippen molar-refractivity contribution in [1.29, 1.82) is 0 Å². The van der Waals surface area contributed by atoms with Gasteiger partial charge >= 0.3 is 0 Å². The Bertz CT molecular complexity index is 660. The second-order valence-electron chi connectivity index (χ2n) is 5.56. The van der Waals surface area contributed by atoms with Crippen LogP contribution in [0.2, 0.25) is 5.02 Å². The lowest BCUT2D eigenvalue weighted by Crippen LogP contribution is -2.05. The van der Waals surface area contributed by atoms with E-state index in [4.69, 9.17) is 27.1 Å². The number of ether oxygens (including phenoxy) is 1. The van der Waals surface area contributed by atoms with E-state index in [1.54, 1.807) is 7.11 Å². The third-order valence-corrected chi connectivity index (χ3v) is 4.64. The number of nitrogen functional groups attached to an aromatic ring is 1. The Morgan fingerprint density at radius 1 is 1.33 bits per heavy atom. The summed E-state index contributed by atoms with van der Waals surface area (Å²) in [6.07, 6.45) is 4.90. The standard InChI is InChI=1S/C16H20ClN3O/c1-20-15(18)14(19-16(20)10-6-3-4-7-10)13-11(17)8-5-9-12(13)21-2/h5,8-10H,3-4,6-7,18H2,1-2H3. The van der Waals surface area contributed by atoms with Gasteiger partial charge in [-0.1, -0.05) is 30.5 Å². The summed E-state index contributed by atoms with van der Waals surface area (Å²) in [7, 11) is 3.61. The maximum absolute atomic E-state index is 6.35. The van der Waals surface area contributed by atoms with Crippen molar-refractivity contribution in [3.8, 4) is 17.0 Å². The van der Waals surface area contributed by atoms with Gasteiger partial charge in [0.1, 0.15) is 23.1 Å². The molecule has 0 unspecified atom stereocenters. The van der Waals surface area contributed by atoms with Crippen molar-refractivity contribution < 1.29 is 4.74 Å². The van der Waals surface area contributed by atoms with E-state index in [2.05, 4.69) is 0 Å². The molecule has 0 spiro atoms. The molecule has 1 aliphatic carbocycles. The van der Waals surface area contributed by atoms with Gasteiger partial charge in [-0.25, -0.2) is 4.98 Å². The zero-order valence-corrected chi connectivity index (χ0v) is 13.2. The van der Waals surface area contributed by atoms with E-state index in [1.165, 1.54) is 25.7 Å². The van der Waals surface area contributed by atoms with Crippen LogP contribution in [0.5, 0.6) is 5.75 Å². The Labute approximate surface area is 129 Å². The van der Waals surface area contributed by atoms with Gasteiger partial charge in [0, 0.05) is 13.0 Å². The van der Waals surface area contributed by atoms with Gasteiger partial charge in [0.15, 0.2) is 0 Å². The van der Waals surface area contributed by atoms with Gasteiger partial charge in [-0.3, -0.25) is 0 Å². The number of aromatic nitrogens is 2. The van der Waals surface area contributed by atoms with Gasteiger partial charge in [0.2, 0.25) is 0 Å². The summed E-state index contributed by atoms with van der Waals surface area (Å²) in [5, 5.41) is 0.608. The first kappa shape index (κ1) is 14.3. The molecule has 3 rings (SSSR count). The molecule has 21 heavy (non-hydrogen) atoms. The van der Waals surface area contributed by atoms with E-state index < -0.39 is 0 Å². The number of rotatable bonds is 3. The summed E-state index contributed by atoms with van der Waals surface area (Å²) in [6.45, 7) is 0. The van der Waals surface area contributed by atoms with Crippen LogP contribution in [0.1, 0.15) is 37.4 Å². The van der Waals surface area contributed by atoms with Gasteiger partial charge in [-0.15, -0.1) is 0 Å². The number of imidazole rings is 1. The van der Waals surface area contributed by atoms with Crippen molar-refractivity contribution in [2.75, 3.05) is 12.8 Å². The van der Waals surface area contributed by atoms with E-state index >= 15 is 0 Å². The van der Waals surface area contributed by atoms with E-state index in [-0.39, 0.29) is 0 Å². The normalized spacial score (nSPS) is 15.6. The number of nitrogens with zero attached hydrogens (tertiary/aromatic N) is 2. The fourth-order valence-electron chi connectivity index (χ4n) is 3.17. The van der Waals surface area contributed by atoms with Crippen molar-refractivity contribution >= 4 is 17.4 Å². The first-order valence-corrected chi connectivity index (χ1v) is 7.66. The molecule has 1 saturated carbocycles. The Morgan fingerprint density at radius 3 is 2.71 bits per heavy atom. The third kappa shape index (κ3) is 2.38. The highest BCUT2D eigenvalue weighted by molar-refractivity contribution is 6.33. The van der Waals surface area contributed by atoms with Gasteiger partial charge in [0.25, 0.3) is 0 Å². The van der Waals surface area contributed by atoms with Crippen LogP contribution < -0.4 is 10.5 Å². The number of methoxy groups -OCH3 is 1. The minimum Gasteiger partial charge on any atom is -0.496 e. The summed E-state index contributed by atoms with van der Waals surface area (Å²) >= 11 is 6.35. The second-order valence-corrected chi connectivity index (χ2v) is 5.97. The minimum atomic E-state index is 0.500. The third-order valence-electron chi connectivity index (χ3n) is 4.33. The molecule has 1 aromatic carbocycles. The van der Waals surface area contributed by atoms with Crippen LogP contribution in [0.3, 0.4) is 0 Å². The molecule has 0 saturated heterocycles. The Morgan fingerprint density at radius 2 is 2.05 bits per heavy atom. The molecule has 2 N–H and O–H groups in total. The Kier molecular flexibility index (Phi) is 3.81. The quantitative estimate of drug-likeness (QED) is 0.933. The lowest BCUT2D eigenvalue weighted by molar-refractivity contribution is 0.416. The van der Waals surface area contributed by atoms with Gasteiger partial charge in [-0.05, 0) is 25.0 Å². The van der Waals surface area contributed by atoms with Crippen LogP contribution in [-0.2, 0) is 7.05 Å². The molecular weight excluding hydrogens is 286 g/mol. The lowest BCUT2D eigenvalue weighted by atomic mass is 10.1. The average Bonchev–Trinajstić information content (AvgIpc) is 3.09. The molecule has 1 heterocycles. The van der Waals surface area contributed by atoms with Crippen LogP contribution in [0.25, 0.3) is 11.3 Å². The fraction of sp³-hybridized carbons (Fsp3) is 0.438. The molecule has 0 aliphatic heterocycles. The Hall–Kier alpha value is -1.68. The van der Waals surface area contributed by atoms with Crippen LogP contribution >= 0.6 is 11.6 Å². The second kappa shape index (κ2) is 5.60. The molecule has 1 aliphatic rings. The maximum atomic E-state index is 6.35. The summed E-state index contributed by atoms with van der Waals surface area (Å²) in [5.74, 6) is 2.90. The predicted molar refractivity (Wildman–Crippen MR) is 85.8 cm³/mol. The Balaban J connectivity index is 2.13. The topological polar surface area (TPSA) is 53.1 Å². The SMILES string of the molecule is COc1cccc(Cl)c1-c1nc(C2CCCC2)n(C)c1N. The monoisotopic (exact) mass is 305 g/mol. The number of nitrogens with two attached hydrogens (primary N) is 1. The van der Waals surface area contributed by atoms with Crippen LogP contribution in [0.15, 0.2) is 18.2 Å². The van der Waals surface area contributed by atoms with Crippen molar-refractivity contribution in [3.05, 3.63) is 29.0 Å². The van der Waals surface area contributed by atoms with Crippen LogP contribution in [-0.4, -0.2) is 16.7 Å². The first-order chi connectivity index (χ1) is 10.1. The largest absolute Gasteiger partial charge is 0.496 e. The zero-order chi connectivity index (χ0) is 15.0. The molecule has 0 bridgehead atoms. The van der Waals surface area contributed by atoms with Crippen LogP contribution in [0, 0.1) is 0 Å². The van der Waals surface area contributed by atoms with Crippen molar-refractivity contribution in [1.82, 2.24) is 9.55 Å².